The predicted octanol–water partition coefficient (Wildman–Crippen LogP) is 0.485. The minimum absolute atomic E-state index is 0.138. The number of nitrogens with zero attached hydrogens (tertiary/aromatic N) is 1. The van der Waals surface area contributed by atoms with E-state index in [0.29, 0.717) is 13.1 Å². The van der Waals surface area contributed by atoms with Gasteiger partial charge >= 0.3 is 0 Å². The molecule has 1 unspecified atom stereocenters. The van der Waals surface area contributed by atoms with E-state index >= 15 is 0 Å². The molecular weight excluding hydrogens is 250 g/mol. The molecule has 3 N–H and O–H groups in total. The zero-order valence-corrected chi connectivity index (χ0v) is 11.3. The Kier molecular flexibility index (Phi) is 3.41. The highest BCUT2D eigenvalue weighted by atomic mass is 32.1. The largest absolute Gasteiger partial charge is 0.352 e. The molecule has 1 fully saturated rings. The first-order chi connectivity index (χ1) is 8.44. The topological polar surface area (TPSA) is 75.4 Å². The van der Waals surface area contributed by atoms with Crippen LogP contribution in [-0.2, 0) is 9.59 Å². The van der Waals surface area contributed by atoms with E-state index in [1.807, 2.05) is 17.5 Å². The second-order valence-corrected chi connectivity index (χ2v) is 5.78. The summed E-state index contributed by atoms with van der Waals surface area (Å²) in [6.45, 7) is 4.45. The van der Waals surface area contributed by atoms with E-state index in [9.17, 15) is 9.59 Å². The number of rotatable bonds is 2. The van der Waals surface area contributed by atoms with Gasteiger partial charge in [0.1, 0.15) is 11.6 Å². The summed E-state index contributed by atoms with van der Waals surface area (Å²) >= 11 is 1.45. The van der Waals surface area contributed by atoms with Crippen molar-refractivity contribution in [3.63, 3.8) is 0 Å². The van der Waals surface area contributed by atoms with Crippen LogP contribution in [0.1, 0.15) is 24.8 Å². The van der Waals surface area contributed by atoms with Gasteiger partial charge in [-0.2, -0.15) is 0 Å². The van der Waals surface area contributed by atoms with Gasteiger partial charge in [-0.15, -0.1) is 11.3 Å². The molecule has 2 heterocycles. The lowest BCUT2D eigenvalue weighted by Gasteiger charge is -2.42. The van der Waals surface area contributed by atoms with Crippen LogP contribution < -0.4 is 11.1 Å². The number of nitrogens with one attached hydrogen (secondary N) is 1. The molecule has 5 nitrogen and oxygen atoms in total. The van der Waals surface area contributed by atoms with E-state index in [-0.39, 0.29) is 11.8 Å². The molecule has 0 aromatic carbocycles. The molecule has 2 amide bonds. The first-order valence-electron chi connectivity index (χ1n) is 5.83. The number of hydrogen-bond donors (Lipinski definition) is 2. The van der Waals surface area contributed by atoms with Crippen molar-refractivity contribution in [2.45, 2.75) is 25.4 Å². The maximum absolute atomic E-state index is 12.4. The van der Waals surface area contributed by atoms with E-state index in [0.717, 1.165) is 4.88 Å². The molecule has 0 saturated carbocycles. The van der Waals surface area contributed by atoms with Gasteiger partial charge in [-0.3, -0.25) is 9.59 Å². The molecule has 18 heavy (non-hydrogen) atoms. The Labute approximate surface area is 110 Å². The Morgan fingerprint density at radius 2 is 2.33 bits per heavy atom. The molecular formula is C12H17N3O2S. The number of carbonyl (C=O) groups excluding carboxylic acids is 2. The maximum Gasteiger partial charge on any atom is 0.245 e. The number of nitrogens with two attached hydrogens (primary N) is 1. The van der Waals surface area contributed by atoms with Gasteiger partial charge in [0.15, 0.2) is 0 Å². The fraction of sp³-hybridized carbons (Fsp3) is 0.500. The number of amides is 2. The highest BCUT2D eigenvalue weighted by molar-refractivity contribution is 7.10. The van der Waals surface area contributed by atoms with Crippen molar-refractivity contribution in [3.8, 4) is 0 Å². The molecule has 1 aromatic heterocycles. The average Bonchev–Trinajstić information content (AvgIpc) is 2.84. The first-order valence-corrected chi connectivity index (χ1v) is 6.71. The molecule has 6 heteroatoms. The van der Waals surface area contributed by atoms with Crippen LogP contribution >= 0.6 is 11.3 Å². The molecule has 0 bridgehead atoms. The summed E-state index contributed by atoms with van der Waals surface area (Å²) in [5.74, 6) is -0.335. The lowest BCUT2D eigenvalue weighted by Crippen LogP contribution is -2.64. The van der Waals surface area contributed by atoms with Crippen molar-refractivity contribution in [3.05, 3.63) is 22.4 Å². The minimum Gasteiger partial charge on any atom is -0.352 e. The van der Waals surface area contributed by atoms with Crippen LogP contribution in [0.3, 0.4) is 0 Å². The quantitative estimate of drug-likeness (QED) is 0.818. The summed E-state index contributed by atoms with van der Waals surface area (Å²) in [6, 6.07) is 3.01. The van der Waals surface area contributed by atoms with Gasteiger partial charge in [-0.25, -0.2) is 0 Å². The Morgan fingerprint density at radius 1 is 1.61 bits per heavy atom. The average molecular weight is 267 g/mol. The summed E-state index contributed by atoms with van der Waals surface area (Å²) < 4.78 is 0. The number of thiophene rings is 1. The van der Waals surface area contributed by atoms with E-state index in [2.05, 4.69) is 5.32 Å². The summed E-state index contributed by atoms with van der Waals surface area (Å²) in [5.41, 5.74) is 5.12. The summed E-state index contributed by atoms with van der Waals surface area (Å²) in [5, 5.41) is 4.65. The molecule has 1 aliphatic heterocycles. The van der Waals surface area contributed by atoms with Gasteiger partial charge in [0.05, 0.1) is 0 Å². The van der Waals surface area contributed by atoms with Crippen molar-refractivity contribution in [1.82, 2.24) is 10.2 Å². The SMILES string of the molecule is CC1(C)C(=O)NCCN1C(=O)C(N)c1cccs1. The third-order valence-corrected chi connectivity index (χ3v) is 4.19. The fourth-order valence-electron chi connectivity index (χ4n) is 2.04. The lowest BCUT2D eigenvalue weighted by molar-refractivity contribution is -0.150. The van der Waals surface area contributed by atoms with Gasteiger partial charge in [-0.1, -0.05) is 6.07 Å². The van der Waals surface area contributed by atoms with E-state index in [1.54, 1.807) is 18.7 Å². The second-order valence-electron chi connectivity index (χ2n) is 4.80. The monoisotopic (exact) mass is 267 g/mol. The molecule has 2 rings (SSSR count). The van der Waals surface area contributed by atoms with Gasteiger partial charge in [0, 0.05) is 18.0 Å². The predicted molar refractivity (Wildman–Crippen MR) is 70.0 cm³/mol. The Hall–Kier alpha value is -1.40. The summed E-state index contributed by atoms with van der Waals surface area (Å²) in [6.07, 6.45) is 0. The Morgan fingerprint density at radius 3 is 2.94 bits per heavy atom. The van der Waals surface area contributed by atoms with Gasteiger partial charge in [0.2, 0.25) is 11.8 Å². The van der Waals surface area contributed by atoms with Crippen LogP contribution in [0.25, 0.3) is 0 Å². The summed E-state index contributed by atoms with van der Waals surface area (Å²) in [4.78, 5) is 26.6. The van der Waals surface area contributed by atoms with Crippen molar-refractivity contribution >= 4 is 23.2 Å². The molecule has 1 aliphatic rings. The van der Waals surface area contributed by atoms with Gasteiger partial charge in [-0.05, 0) is 25.3 Å². The fourth-order valence-corrected chi connectivity index (χ4v) is 2.76. The molecule has 1 aromatic rings. The zero-order chi connectivity index (χ0) is 13.3. The zero-order valence-electron chi connectivity index (χ0n) is 10.5. The van der Waals surface area contributed by atoms with Crippen molar-refractivity contribution in [2.24, 2.45) is 5.73 Å². The van der Waals surface area contributed by atoms with Crippen LogP contribution in [0, 0.1) is 0 Å². The summed E-state index contributed by atoms with van der Waals surface area (Å²) in [7, 11) is 0. The molecule has 98 valence electrons. The van der Waals surface area contributed by atoms with Crippen LogP contribution in [0.4, 0.5) is 0 Å². The minimum atomic E-state index is -0.843. The second kappa shape index (κ2) is 4.70. The highest BCUT2D eigenvalue weighted by Gasteiger charge is 2.42. The number of hydrogen-bond acceptors (Lipinski definition) is 4. The molecule has 0 radical (unpaired) electrons. The van der Waals surface area contributed by atoms with Crippen molar-refractivity contribution < 1.29 is 9.59 Å². The third-order valence-electron chi connectivity index (χ3n) is 3.23. The maximum atomic E-state index is 12.4. The normalized spacial score (nSPS) is 20.4. The van der Waals surface area contributed by atoms with Gasteiger partial charge in [0.25, 0.3) is 0 Å². The molecule has 1 atom stereocenters. The van der Waals surface area contributed by atoms with E-state index < -0.39 is 11.6 Å². The molecule has 0 spiro atoms. The van der Waals surface area contributed by atoms with Crippen LogP contribution in [0.15, 0.2) is 17.5 Å². The molecule has 0 aliphatic carbocycles. The Bertz CT molecular complexity index is 456. The first kappa shape index (κ1) is 13.0. The van der Waals surface area contributed by atoms with Crippen molar-refractivity contribution in [1.29, 1.82) is 0 Å². The highest BCUT2D eigenvalue weighted by Crippen LogP contribution is 2.24. The molecule has 1 saturated heterocycles. The smallest absolute Gasteiger partial charge is 0.245 e. The lowest BCUT2D eigenvalue weighted by atomic mass is 9.97. The van der Waals surface area contributed by atoms with Crippen molar-refractivity contribution in [2.75, 3.05) is 13.1 Å². The van der Waals surface area contributed by atoms with Crippen LogP contribution in [-0.4, -0.2) is 35.3 Å². The third kappa shape index (κ3) is 2.13. The van der Waals surface area contributed by atoms with E-state index in [4.69, 9.17) is 5.73 Å². The van der Waals surface area contributed by atoms with Crippen LogP contribution in [0.5, 0.6) is 0 Å². The number of carbonyl (C=O) groups is 2. The standard InChI is InChI=1S/C12H17N3O2S/c1-12(2)11(17)14-5-6-15(12)10(16)9(13)8-4-3-7-18-8/h3-4,7,9H,5-6,13H2,1-2H3,(H,14,17). The van der Waals surface area contributed by atoms with E-state index in [1.165, 1.54) is 11.3 Å². The van der Waals surface area contributed by atoms with Crippen LogP contribution in [0.2, 0.25) is 0 Å². The Balaban J connectivity index is 2.20. The number of piperazine rings is 1. The van der Waals surface area contributed by atoms with Gasteiger partial charge < -0.3 is 16.0 Å².